The SMILES string of the molecule is CN(C[C@@H]1CCCN1C(=O)CN1CCC[C@H](NS(=O)(=O)c2cc3cc(Cl)ccc3s2)C1=O)c1ccccc1. The van der Waals surface area contributed by atoms with Gasteiger partial charge in [0, 0.05) is 48.1 Å². The van der Waals surface area contributed by atoms with Crippen molar-refractivity contribution < 1.29 is 18.0 Å². The number of piperidine rings is 1. The van der Waals surface area contributed by atoms with Crippen molar-refractivity contribution in [3.63, 3.8) is 0 Å². The van der Waals surface area contributed by atoms with Crippen LogP contribution in [0.4, 0.5) is 5.69 Å². The van der Waals surface area contributed by atoms with Crippen molar-refractivity contribution in [1.29, 1.82) is 0 Å². The summed E-state index contributed by atoms with van der Waals surface area (Å²) in [4.78, 5) is 32.1. The molecule has 0 radical (unpaired) electrons. The topological polar surface area (TPSA) is 90.0 Å². The number of carbonyl (C=O) groups excluding carboxylic acids is 2. The van der Waals surface area contributed by atoms with Gasteiger partial charge in [-0.3, -0.25) is 9.59 Å². The molecule has 0 spiro atoms. The molecule has 38 heavy (non-hydrogen) atoms. The summed E-state index contributed by atoms with van der Waals surface area (Å²) in [6.07, 6.45) is 2.86. The van der Waals surface area contributed by atoms with Gasteiger partial charge >= 0.3 is 0 Å². The Morgan fingerprint density at radius 2 is 1.87 bits per heavy atom. The average molecular weight is 575 g/mol. The van der Waals surface area contributed by atoms with Gasteiger partial charge in [-0.15, -0.1) is 11.3 Å². The van der Waals surface area contributed by atoms with Gasteiger partial charge in [-0.25, -0.2) is 8.42 Å². The lowest BCUT2D eigenvalue weighted by Gasteiger charge is -2.35. The minimum absolute atomic E-state index is 0.0377. The lowest BCUT2D eigenvalue weighted by molar-refractivity contribution is -0.143. The average Bonchev–Trinajstić information content (AvgIpc) is 3.54. The number of para-hydroxylation sites is 1. The van der Waals surface area contributed by atoms with Crippen molar-refractivity contribution in [2.24, 2.45) is 0 Å². The standard InChI is InChI=1S/C27H31ClN4O4S2/c1-30(21-7-3-2-4-8-21)17-22-9-5-14-32(22)25(33)18-31-13-6-10-23(27(31)34)29-38(35,36)26-16-19-15-20(28)11-12-24(19)37-26/h2-4,7-8,11-12,15-16,22-23,29H,5-6,9-10,13-14,17-18H2,1H3/t22-,23-/m0/s1. The van der Waals surface area contributed by atoms with Crippen LogP contribution >= 0.6 is 22.9 Å². The first-order valence-electron chi connectivity index (χ1n) is 12.8. The van der Waals surface area contributed by atoms with Crippen LogP contribution in [0, 0.1) is 0 Å². The Morgan fingerprint density at radius 1 is 1.11 bits per heavy atom. The first-order valence-corrected chi connectivity index (χ1v) is 15.4. The highest BCUT2D eigenvalue weighted by Gasteiger charge is 2.36. The molecule has 2 atom stereocenters. The fourth-order valence-electron chi connectivity index (χ4n) is 5.29. The first-order chi connectivity index (χ1) is 18.2. The molecule has 3 heterocycles. The molecule has 2 amide bonds. The number of likely N-dealkylation sites (tertiary alicyclic amines) is 2. The summed E-state index contributed by atoms with van der Waals surface area (Å²) < 4.78 is 29.8. The predicted octanol–water partition coefficient (Wildman–Crippen LogP) is 3.95. The van der Waals surface area contributed by atoms with Gasteiger partial charge in [0.1, 0.15) is 10.3 Å². The third-order valence-corrected chi connectivity index (χ3v) is 10.6. The fourth-order valence-corrected chi connectivity index (χ4v) is 8.09. The second kappa shape index (κ2) is 11.2. The number of hydrogen-bond donors (Lipinski definition) is 1. The van der Waals surface area contributed by atoms with Crippen LogP contribution in [0.5, 0.6) is 0 Å². The number of anilines is 1. The second-order valence-electron chi connectivity index (χ2n) is 9.92. The number of fused-ring (bicyclic) bond motifs is 1. The zero-order valence-electron chi connectivity index (χ0n) is 21.2. The Labute approximate surface area is 232 Å². The van der Waals surface area contributed by atoms with E-state index in [9.17, 15) is 18.0 Å². The maximum atomic E-state index is 13.3. The molecule has 2 saturated heterocycles. The van der Waals surface area contributed by atoms with E-state index >= 15 is 0 Å². The fraction of sp³-hybridized carbons (Fsp3) is 0.407. The van der Waals surface area contributed by atoms with Crippen molar-refractivity contribution in [3.05, 3.63) is 59.6 Å². The molecule has 2 fully saturated rings. The minimum Gasteiger partial charge on any atom is -0.373 e. The van der Waals surface area contributed by atoms with Crippen molar-refractivity contribution in [2.45, 2.75) is 42.0 Å². The molecule has 1 N–H and O–H groups in total. The van der Waals surface area contributed by atoms with Crippen LogP contribution in [-0.2, 0) is 19.6 Å². The summed E-state index contributed by atoms with van der Waals surface area (Å²) in [6.45, 7) is 1.78. The molecule has 0 unspecified atom stereocenters. The zero-order chi connectivity index (χ0) is 26.9. The molecule has 1 aromatic heterocycles. The third-order valence-electron chi connectivity index (χ3n) is 7.25. The summed E-state index contributed by atoms with van der Waals surface area (Å²) in [5.74, 6) is -0.443. The van der Waals surface area contributed by atoms with Crippen molar-refractivity contribution >= 4 is 60.5 Å². The Morgan fingerprint density at radius 3 is 2.66 bits per heavy atom. The largest absolute Gasteiger partial charge is 0.373 e. The second-order valence-corrected chi connectivity index (χ2v) is 13.4. The Bertz CT molecular complexity index is 1430. The van der Waals surface area contributed by atoms with Crippen LogP contribution in [0.15, 0.2) is 58.8 Å². The first kappa shape index (κ1) is 26.9. The highest BCUT2D eigenvalue weighted by atomic mass is 35.5. The lowest BCUT2D eigenvalue weighted by Crippen LogP contribution is -2.55. The van der Waals surface area contributed by atoms with Crippen LogP contribution < -0.4 is 9.62 Å². The highest BCUT2D eigenvalue weighted by molar-refractivity contribution is 7.91. The predicted molar refractivity (Wildman–Crippen MR) is 151 cm³/mol. The smallest absolute Gasteiger partial charge is 0.250 e. The maximum absolute atomic E-state index is 13.3. The molecular formula is C27H31ClN4O4S2. The number of thiophene rings is 1. The van der Waals surface area contributed by atoms with E-state index in [0.717, 1.165) is 40.0 Å². The molecule has 202 valence electrons. The number of benzene rings is 2. The summed E-state index contributed by atoms with van der Waals surface area (Å²) in [7, 11) is -1.89. The Hall–Kier alpha value is -2.66. The normalized spacial score (nSPS) is 20.3. The van der Waals surface area contributed by atoms with Gasteiger partial charge in [0.15, 0.2) is 0 Å². The molecule has 5 rings (SSSR count). The Balaban J connectivity index is 1.22. The molecule has 0 saturated carbocycles. The molecule has 2 aromatic carbocycles. The van der Waals surface area contributed by atoms with Crippen LogP contribution in [0.1, 0.15) is 25.7 Å². The lowest BCUT2D eigenvalue weighted by atomic mass is 10.1. The van der Waals surface area contributed by atoms with Gasteiger partial charge in [-0.2, -0.15) is 4.72 Å². The number of likely N-dealkylation sites (N-methyl/N-ethyl adjacent to an activating group) is 1. The van der Waals surface area contributed by atoms with E-state index in [1.807, 2.05) is 42.3 Å². The number of sulfonamides is 1. The number of hydrogen-bond acceptors (Lipinski definition) is 6. The number of nitrogens with one attached hydrogen (secondary N) is 1. The summed E-state index contributed by atoms with van der Waals surface area (Å²) in [6, 6.07) is 16.0. The van der Waals surface area contributed by atoms with E-state index in [1.54, 1.807) is 24.3 Å². The van der Waals surface area contributed by atoms with E-state index in [0.29, 0.717) is 37.5 Å². The third kappa shape index (κ3) is 5.83. The Kier molecular flexibility index (Phi) is 7.95. The van der Waals surface area contributed by atoms with Crippen LogP contribution in [0.25, 0.3) is 10.1 Å². The quantitative estimate of drug-likeness (QED) is 0.440. The van der Waals surface area contributed by atoms with Crippen molar-refractivity contribution in [3.8, 4) is 0 Å². The van der Waals surface area contributed by atoms with E-state index < -0.39 is 16.1 Å². The number of nitrogens with zero attached hydrogens (tertiary/aromatic N) is 3. The summed E-state index contributed by atoms with van der Waals surface area (Å²) in [5, 5.41) is 1.27. The van der Waals surface area contributed by atoms with Crippen LogP contribution in [0.2, 0.25) is 5.02 Å². The maximum Gasteiger partial charge on any atom is 0.250 e. The van der Waals surface area contributed by atoms with E-state index in [-0.39, 0.29) is 28.6 Å². The summed E-state index contributed by atoms with van der Waals surface area (Å²) in [5.41, 5.74) is 1.09. The van der Waals surface area contributed by atoms with Gasteiger partial charge in [-0.05, 0) is 67.5 Å². The molecule has 8 nitrogen and oxygen atoms in total. The number of halogens is 1. The number of amides is 2. The van der Waals surface area contributed by atoms with Gasteiger partial charge in [0.2, 0.25) is 11.8 Å². The van der Waals surface area contributed by atoms with Crippen molar-refractivity contribution in [1.82, 2.24) is 14.5 Å². The van der Waals surface area contributed by atoms with Gasteiger partial charge < -0.3 is 14.7 Å². The molecule has 0 bridgehead atoms. The van der Waals surface area contributed by atoms with Gasteiger partial charge in [-0.1, -0.05) is 29.8 Å². The molecule has 0 aliphatic carbocycles. The van der Waals surface area contributed by atoms with Crippen LogP contribution in [-0.4, -0.2) is 75.3 Å². The zero-order valence-corrected chi connectivity index (χ0v) is 23.6. The van der Waals surface area contributed by atoms with E-state index in [1.165, 1.54) is 4.90 Å². The highest BCUT2D eigenvalue weighted by Crippen LogP contribution is 2.31. The number of rotatable bonds is 8. The molecule has 2 aliphatic rings. The van der Waals surface area contributed by atoms with Crippen LogP contribution in [0.3, 0.4) is 0 Å². The molecular weight excluding hydrogens is 544 g/mol. The van der Waals surface area contributed by atoms with E-state index in [2.05, 4.69) is 9.62 Å². The minimum atomic E-state index is -3.91. The van der Waals surface area contributed by atoms with Crippen molar-refractivity contribution in [2.75, 3.05) is 38.1 Å². The molecule has 2 aliphatic heterocycles. The molecule has 3 aromatic rings. The molecule has 11 heteroatoms. The number of carbonyl (C=O) groups is 2. The monoisotopic (exact) mass is 574 g/mol. The van der Waals surface area contributed by atoms with Gasteiger partial charge in [0.05, 0.1) is 6.54 Å². The van der Waals surface area contributed by atoms with E-state index in [4.69, 9.17) is 11.6 Å². The summed E-state index contributed by atoms with van der Waals surface area (Å²) >= 11 is 7.17. The van der Waals surface area contributed by atoms with Gasteiger partial charge in [0.25, 0.3) is 10.0 Å².